The molecule has 2 aromatic rings. The fourth-order valence-electron chi connectivity index (χ4n) is 4.16. The summed E-state index contributed by atoms with van der Waals surface area (Å²) in [5.74, 6) is -1.13. The molecule has 196 valence electrons. The zero-order valence-corrected chi connectivity index (χ0v) is 21.6. The molecular weight excluding hydrogens is 491 g/mol. The number of carbonyl (C=O) groups excluding carboxylic acids is 2. The normalized spacial score (nSPS) is 14.3. The van der Waals surface area contributed by atoms with E-state index in [0.717, 1.165) is 10.6 Å². The Balaban J connectivity index is 2.03. The first kappa shape index (κ1) is 27.3. The molecule has 1 fully saturated rings. The summed E-state index contributed by atoms with van der Waals surface area (Å²) in [6.45, 7) is 2.29. The molecule has 1 amide bonds. The van der Waals surface area contributed by atoms with Gasteiger partial charge in [-0.2, -0.15) is 0 Å². The molecular formula is C25H31FN2O7S. The van der Waals surface area contributed by atoms with Gasteiger partial charge in [0.05, 0.1) is 50.8 Å². The van der Waals surface area contributed by atoms with Crippen molar-refractivity contribution in [2.45, 2.75) is 26.3 Å². The smallest absolute Gasteiger partial charge is 0.309 e. The molecule has 0 bridgehead atoms. The third-order valence-corrected chi connectivity index (χ3v) is 7.20. The lowest BCUT2D eigenvalue weighted by atomic mass is 9.96. The molecule has 1 aliphatic heterocycles. The summed E-state index contributed by atoms with van der Waals surface area (Å²) in [7, 11) is -1.15. The molecule has 1 saturated heterocycles. The third-order valence-electron chi connectivity index (χ3n) is 6.08. The molecule has 0 radical (unpaired) electrons. The molecule has 0 N–H and O–H groups in total. The minimum atomic E-state index is -3.95. The molecule has 0 spiro atoms. The van der Waals surface area contributed by atoms with Gasteiger partial charge in [0.25, 0.3) is 5.91 Å². The standard InChI is InChI=1S/C25H31FN2O7S/c1-5-35-25(30)17-10-12-27(13-11-17)24(29)19-14-22(33-2)23(34-3)15-21(19)28(36(4,31)32)16-18-8-6-7-9-20(18)26/h6-9,14-15,17H,5,10-13,16H2,1-4H3. The fourth-order valence-corrected chi connectivity index (χ4v) is 5.04. The molecule has 0 aliphatic carbocycles. The van der Waals surface area contributed by atoms with Crippen molar-refractivity contribution < 1.29 is 36.6 Å². The van der Waals surface area contributed by atoms with Crippen LogP contribution in [0, 0.1) is 11.7 Å². The number of amides is 1. The van der Waals surface area contributed by atoms with Crippen LogP contribution in [0.4, 0.5) is 10.1 Å². The van der Waals surface area contributed by atoms with Crippen molar-refractivity contribution >= 4 is 27.6 Å². The first-order valence-corrected chi connectivity index (χ1v) is 13.4. The summed E-state index contributed by atoms with van der Waals surface area (Å²) >= 11 is 0. The van der Waals surface area contributed by atoms with Crippen molar-refractivity contribution in [2.24, 2.45) is 5.92 Å². The second-order valence-electron chi connectivity index (χ2n) is 8.40. The van der Waals surface area contributed by atoms with Crippen molar-refractivity contribution in [3.05, 3.63) is 53.3 Å². The van der Waals surface area contributed by atoms with Gasteiger partial charge in [-0.05, 0) is 31.9 Å². The molecule has 1 heterocycles. The van der Waals surface area contributed by atoms with Crippen molar-refractivity contribution in [3.63, 3.8) is 0 Å². The minimum absolute atomic E-state index is 0.0379. The molecule has 1 aliphatic rings. The second-order valence-corrected chi connectivity index (χ2v) is 10.3. The number of benzene rings is 2. The van der Waals surface area contributed by atoms with Crippen LogP contribution in [0.25, 0.3) is 0 Å². The van der Waals surface area contributed by atoms with E-state index in [1.807, 2.05) is 0 Å². The summed E-state index contributed by atoms with van der Waals surface area (Å²) < 4.78 is 57.0. The first-order valence-electron chi connectivity index (χ1n) is 11.5. The Labute approximate surface area is 210 Å². The van der Waals surface area contributed by atoms with Crippen LogP contribution in [0.2, 0.25) is 0 Å². The first-order chi connectivity index (χ1) is 17.1. The molecule has 3 rings (SSSR count). The zero-order valence-electron chi connectivity index (χ0n) is 20.8. The highest BCUT2D eigenvalue weighted by molar-refractivity contribution is 7.92. The van der Waals surface area contributed by atoms with Gasteiger partial charge in [0, 0.05) is 24.7 Å². The van der Waals surface area contributed by atoms with E-state index < -0.39 is 21.7 Å². The van der Waals surface area contributed by atoms with E-state index in [1.54, 1.807) is 17.9 Å². The summed E-state index contributed by atoms with van der Waals surface area (Å²) in [6.07, 6.45) is 1.85. The zero-order chi connectivity index (χ0) is 26.5. The maximum atomic E-state index is 14.4. The molecule has 11 heteroatoms. The lowest BCUT2D eigenvalue weighted by Gasteiger charge is -2.33. The number of methoxy groups -OCH3 is 2. The molecule has 0 aromatic heterocycles. The van der Waals surface area contributed by atoms with Crippen LogP contribution in [0.3, 0.4) is 0 Å². The maximum absolute atomic E-state index is 14.4. The Hall–Kier alpha value is -3.34. The van der Waals surface area contributed by atoms with Crippen LogP contribution >= 0.6 is 0 Å². The number of halogens is 1. The lowest BCUT2D eigenvalue weighted by molar-refractivity contribution is -0.149. The number of piperidine rings is 1. The average molecular weight is 523 g/mol. The SMILES string of the molecule is CCOC(=O)C1CCN(C(=O)c2cc(OC)c(OC)cc2N(Cc2ccccc2F)S(C)(=O)=O)CC1. The van der Waals surface area contributed by atoms with E-state index in [9.17, 15) is 22.4 Å². The summed E-state index contributed by atoms with van der Waals surface area (Å²) in [6, 6.07) is 8.66. The maximum Gasteiger partial charge on any atom is 0.309 e. The van der Waals surface area contributed by atoms with Gasteiger partial charge in [0.1, 0.15) is 5.82 Å². The van der Waals surface area contributed by atoms with Crippen molar-refractivity contribution in [3.8, 4) is 11.5 Å². The summed E-state index contributed by atoms with van der Waals surface area (Å²) in [5, 5.41) is 0. The number of carbonyl (C=O) groups is 2. The quantitative estimate of drug-likeness (QED) is 0.466. The van der Waals surface area contributed by atoms with Gasteiger partial charge >= 0.3 is 5.97 Å². The van der Waals surface area contributed by atoms with Gasteiger partial charge in [0.2, 0.25) is 10.0 Å². The van der Waals surface area contributed by atoms with Crippen molar-refractivity contribution in [1.82, 2.24) is 4.90 Å². The highest BCUT2D eigenvalue weighted by Crippen LogP contribution is 2.38. The number of rotatable bonds is 9. The predicted octanol–water partition coefficient (Wildman–Crippen LogP) is 3.22. The molecule has 2 aromatic carbocycles. The van der Waals surface area contributed by atoms with E-state index in [0.29, 0.717) is 25.9 Å². The van der Waals surface area contributed by atoms with Crippen molar-refractivity contribution in [2.75, 3.05) is 44.5 Å². The van der Waals surface area contributed by atoms with Crippen LogP contribution in [0.5, 0.6) is 11.5 Å². The Bertz CT molecular complexity index is 1210. The number of ether oxygens (including phenoxy) is 3. The number of sulfonamides is 1. The van der Waals surface area contributed by atoms with Gasteiger partial charge in [0.15, 0.2) is 11.5 Å². The minimum Gasteiger partial charge on any atom is -0.493 e. The summed E-state index contributed by atoms with van der Waals surface area (Å²) in [5.41, 5.74) is 0.242. The molecule has 0 unspecified atom stereocenters. The Kier molecular flexibility index (Phi) is 8.78. The van der Waals surface area contributed by atoms with Crippen LogP contribution in [0.1, 0.15) is 35.7 Å². The van der Waals surface area contributed by atoms with Gasteiger partial charge < -0.3 is 19.1 Å². The van der Waals surface area contributed by atoms with Crippen LogP contribution in [-0.4, -0.2) is 65.4 Å². The highest BCUT2D eigenvalue weighted by atomic mass is 32.2. The largest absolute Gasteiger partial charge is 0.493 e. The van der Waals surface area contributed by atoms with Gasteiger partial charge in [-0.3, -0.25) is 13.9 Å². The molecule has 36 heavy (non-hydrogen) atoms. The number of nitrogens with zero attached hydrogens (tertiary/aromatic N) is 2. The molecule has 0 atom stereocenters. The van der Waals surface area contributed by atoms with Crippen LogP contribution in [0.15, 0.2) is 36.4 Å². The predicted molar refractivity (Wildman–Crippen MR) is 132 cm³/mol. The van der Waals surface area contributed by atoms with E-state index >= 15 is 0 Å². The van der Waals surface area contributed by atoms with E-state index in [2.05, 4.69) is 0 Å². The van der Waals surface area contributed by atoms with E-state index in [1.165, 1.54) is 44.6 Å². The Morgan fingerprint density at radius 3 is 2.25 bits per heavy atom. The number of anilines is 1. The van der Waals surface area contributed by atoms with E-state index in [-0.39, 0.29) is 53.4 Å². The Morgan fingerprint density at radius 1 is 1.08 bits per heavy atom. The molecule has 9 nitrogen and oxygen atoms in total. The number of hydrogen-bond acceptors (Lipinski definition) is 7. The monoisotopic (exact) mass is 522 g/mol. The van der Waals surface area contributed by atoms with Gasteiger partial charge in [-0.25, -0.2) is 12.8 Å². The van der Waals surface area contributed by atoms with Crippen LogP contribution < -0.4 is 13.8 Å². The Morgan fingerprint density at radius 2 is 1.69 bits per heavy atom. The van der Waals surface area contributed by atoms with Gasteiger partial charge in [-0.1, -0.05) is 18.2 Å². The van der Waals surface area contributed by atoms with Crippen molar-refractivity contribution in [1.29, 1.82) is 0 Å². The summed E-state index contributed by atoms with van der Waals surface area (Å²) in [4.78, 5) is 27.3. The van der Waals surface area contributed by atoms with E-state index in [4.69, 9.17) is 14.2 Å². The second kappa shape index (κ2) is 11.6. The average Bonchev–Trinajstić information content (AvgIpc) is 2.86. The fraction of sp³-hybridized carbons (Fsp3) is 0.440. The molecule has 0 saturated carbocycles. The highest BCUT2D eigenvalue weighted by Gasteiger charge is 2.32. The van der Waals surface area contributed by atoms with Crippen LogP contribution in [-0.2, 0) is 26.1 Å². The topological polar surface area (TPSA) is 102 Å². The lowest BCUT2D eigenvalue weighted by Crippen LogP contribution is -2.41. The number of esters is 1. The number of likely N-dealkylation sites (tertiary alicyclic amines) is 1. The van der Waals surface area contributed by atoms with Gasteiger partial charge in [-0.15, -0.1) is 0 Å². The third kappa shape index (κ3) is 6.07. The number of hydrogen-bond donors (Lipinski definition) is 0.